The van der Waals surface area contributed by atoms with E-state index in [1.54, 1.807) is 0 Å². The molecule has 0 spiro atoms. The smallest absolute Gasteiger partial charge is 0.227 e. The van der Waals surface area contributed by atoms with Gasteiger partial charge in [-0.3, -0.25) is 9.80 Å². The van der Waals surface area contributed by atoms with Crippen molar-refractivity contribution in [2.75, 3.05) is 11.4 Å². The Morgan fingerprint density at radius 2 is 1.76 bits per heavy atom. The van der Waals surface area contributed by atoms with Crippen molar-refractivity contribution in [3.8, 4) is 0 Å². The van der Waals surface area contributed by atoms with Crippen molar-refractivity contribution in [3.63, 3.8) is 0 Å². The molecule has 2 aromatic carbocycles. The van der Waals surface area contributed by atoms with Gasteiger partial charge in [0.05, 0.1) is 23.6 Å². The zero-order chi connectivity index (χ0) is 17.4. The van der Waals surface area contributed by atoms with Crippen LogP contribution in [0.4, 0.5) is 5.69 Å². The van der Waals surface area contributed by atoms with Crippen LogP contribution in [0.15, 0.2) is 48.5 Å². The molecule has 0 bridgehead atoms. The fraction of sp³-hybridized carbons (Fsp3) is 0.250. The van der Waals surface area contributed by atoms with E-state index < -0.39 is 0 Å². The van der Waals surface area contributed by atoms with Crippen LogP contribution in [0.5, 0.6) is 0 Å². The number of benzene rings is 2. The summed E-state index contributed by atoms with van der Waals surface area (Å²) < 4.78 is 0. The molecule has 5 nitrogen and oxygen atoms in total. The number of fused-ring (bicyclic) bond motifs is 4. The van der Waals surface area contributed by atoms with Crippen LogP contribution >= 0.6 is 0 Å². The monoisotopic (exact) mass is 334 g/mol. The Hall–Kier alpha value is -2.79. The van der Waals surface area contributed by atoms with Crippen LogP contribution in [0.2, 0.25) is 0 Å². The summed E-state index contributed by atoms with van der Waals surface area (Å²) in [6.45, 7) is 5.40. The van der Waals surface area contributed by atoms with Gasteiger partial charge in [-0.2, -0.15) is 0 Å². The van der Waals surface area contributed by atoms with Gasteiger partial charge in [0.2, 0.25) is 5.91 Å². The summed E-state index contributed by atoms with van der Waals surface area (Å²) in [6.07, 6.45) is 0.483. The number of rotatable bonds is 2. The second kappa shape index (κ2) is 6.26. The maximum absolute atomic E-state index is 12.7. The van der Waals surface area contributed by atoms with Gasteiger partial charge in [0.25, 0.3) is 0 Å². The van der Waals surface area contributed by atoms with Crippen molar-refractivity contribution < 1.29 is 4.79 Å². The van der Waals surface area contributed by atoms with Gasteiger partial charge in [-0.15, -0.1) is 5.53 Å². The zero-order valence-corrected chi connectivity index (χ0v) is 14.5. The van der Waals surface area contributed by atoms with Gasteiger partial charge in [-0.25, -0.2) is 0 Å². The minimum Gasteiger partial charge on any atom is -0.307 e. The summed E-state index contributed by atoms with van der Waals surface area (Å²) in [7, 11) is 0. The van der Waals surface area contributed by atoms with Crippen molar-refractivity contribution in [3.05, 3.63) is 65.2 Å². The van der Waals surface area contributed by atoms with Crippen molar-refractivity contribution >= 4 is 23.0 Å². The van der Waals surface area contributed by atoms with Crippen LogP contribution in [-0.2, 0) is 11.3 Å². The number of nitrogens with zero attached hydrogens (tertiary/aromatic N) is 2. The molecule has 0 atom stereocenters. The van der Waals surface area contributed by atoms with Gasteiger partial charge in [-0.05, 0) is 18.6 Å². The first-order chi connectivity index (χ1) is 12.2. The molecule has 0 radical (unpaired) electrons. The summed E-state index contributed by atoms with van der Waals surface area (Å²) >= 11 is 0. The highest BCUT2D eigenvalue weighted by Crippen LogP contribution is 2.39. The first-order valence-electron chi connectivity index (χ1n) is 8.76. The minimum absolute atomic E-state index is 0.133. The number of hydrogen-bond acceptors (Lipinski definition) is 4. The van der Waals surface area contributed by atoms with E-state index in [2.05, 4.69) is 41.1 Å². The fourth-order valence-corrected chi connectivity index (χ4v) is 3.57. The molecular formula is C20H22N4O. The van der Waals surface area contributed by atoms with Crippen LogP contribution in [-0.4, -0.2) is 17.5 Å². The SMILES string of the molecule is CCC(=O)N1Cc2ccccc2C2=C(c3ccccc31)N(CC)NN2. The largest absolute Gasteiger partial charge is 0.307 e. The molecule has 2 heterocycles. The summed E-state index contributed by atoms with van der Waals surface area (Å²) in [4.78, 5) is 14.6. The van der Waals surface area contributed by atoms with Crippen LogP contribution in [0.25, 0.3) is 11.4 Å². The van der Waals surface area contributed by atoms with Crippen LogP contribution in [0, 0.1) is 0 Å². The van der Waals surface area contributed by atoms with E-state index in [0.717, 1.165) is 40.3 Å². The van der Waals surface area contributed by atoms with E-state index in [-0.39, 0.29) is 5.91 Å². The van der Waals surface area contributed by atoms with Gasteiger partial charge < -0.3 is 10.3 Å². The molecular weight excluding hydrogens is 312 g/mol. The summed E-state index contributed by atoms with van der Waals surface area (Å²) in [6, 6.07) is 16.4. The maximum Gasteiger partial charge on any atom is 0.227 e. The second-order valence-electron chi connectivity index (χ2n) is 6.21. The van der Waals surface area contributed by atoms with Crippen LogP contribution < -0.4 is 15.9 Å². The highest BCUT2D eigenvalue weighted by molar-refractivity contribution is 6.01. The fourth-order valence-electron chi connectivity index (χ4n) is 3.57. The Labute approximate surface area is 147 Å². The quantitative estimate of drug-likeness (QED) is 0.886. The predicted molar refractivity (Wildman–Crippen MR) is 99.8 cm³/mol. The van der Waals surface area contributed by atoms with E-state index in [1.165, 1.54) is 0 Å². The topological polar surface area (TPSA) is 47.6 Å². The van der Waals surface area contributed by atoms with E-state index >= 15 is 0 Å². The second-order valence-corrected chi connectivity index (χ2v) is 6.21. The number of carbonyl (C=O) groups is 1. The first-order valence-corrected chi connectivity index (χ1v) is 8.76. The van der Waals surface area contributed by atoms with E-state index in [0.29, 0.717) is 13.0 Å². The van der Waals surface area contributed by atoms with Gasteiger partial charge in [0.1, 0.15) is 0 Å². The summed E-state index contributed by atoms with van der Waals surface area (Å²) in [5, 5.41) is 2.09. The van der Waals surface area contributed by atoms with Crippen LogP contribution in [0.3, 0.4) is 0 Å². The Balaban J connectivity index is 2.02. The molecule has 25 heavy (non-hydrogen) atoms. The van der Waals surface area contributed by atoms with Crippen molar-refractivity contribution in [1.29, 1.82) is 0 Å². The first kappa shape index (κ1) is 15.7. The predicted octanol–water partition coefficient (Wildman–Crippen LogP) is 3.11. The molecule has 1 amide bonds. The lowest BCUT2D eigenvalue weighted by molar-refractivity contribution is -0.118. The number of anilines is 1. The average Bonchev–Trinajstić information content (AvgIpc) is 3.08. The summed E-state index contributed by atoms with van der Waals surface area (Å²) in [5.41, 5.74) is 13.0. The molecule has 2 aromatic rings. The number of nitrogens with one attached hydrogen (secondary N) is 2. The standard InChI is InChI=1S/C20H22N4O/c1-3-18(25)23-13-14-9-5-6-10-15(14)19-20(24(4-2)22-21-19)16-11-7-8-12-17(16)23/h5-12,21-22H,3-4,13H2,1-2H3. The number of carbonyl (C=O) groups excluding carboxylic acids is 1. The third-order valence-corrected chi connectivity index (χ3v) is 4.81. The molecule has 128 valence electrons. The molecule has 0 aliphatic carbocycles. The normalized spacial score (nSPS) is 15.8. The van der Waals surface area contributed by atoms with Gasteiger partial charge >= 0.3 is 0 Å². The third kappa shape index (κ3) is 2.48. The van der Waals surface area contributed by atoms with E-state index in [9.17, 15) is 4.79 Å². The highest BCUT2D eigenvalue weighted by Gasteiger charge is 2.31. The van der Waals surface area contributed by atoms with Gasteiger partial charge in [-0.1, -0.05) is 49.4 Å². The minimum atomic E-state index is 0.133. The molecule has 0 unspecified atom stereocenters. The Morgan fingerprint density at radius 1 is 1.04 bits per heavy atom. The molecule has 5 heteroatoms. The Bertz CT molecular complexity index is 858. The Morgan fingerprint density at radius 3 is 2.52 bits per heavy atom. The number of hydrazine groups is 2. The average molecular weight is 334 g/mol. The zero-order valence-electron chi connectivity index (χ0n) is 14.5. The molecule has 0 fully saturated rings. The Kier molecular flexibility index (Phi) is 3.93. The summed E-state index contributed by atoms with van der Waals surface area (Å²) in [5.74, 6) is 0.133. The molecule has 2 aliphatic heterocycles. The lowest BCUT2D eigenvalue weighted by atomic mass is 9.96. The third-order valence-electron chi connectivity index (χ3n) is 4.81. The van der Waals surface area contributed by atoms with Crippen molar-refractivity contribution in [2.45, 2.75) is 26.8 Å². The van der Waals surface area contributed by atoms with Crippen LogP contribution in [0.1, 0.15) is 37.0 Å². The highest BCUT2D eigenvalue weighted by atomic mass is 16.2. The molecule has 4 rings (SSSR count). The molecule has 2 N–H and O–H groups in total. The lowest BCUT2D eigenvalue weighted by Crippen LogP contribution is -2.37. The number of hydrogen-bond donors (Lipinski definition) is 2. The van der Waals surface area contributed by atoms with Crippen molar-refractivity contribution in [1.82, 2.24) is 16.0 Å². The molecule has 0 saturated heterocycles. The van der Waals surface area contributed by atoms with Crippen molar-refractivity contribution in [2.24, 2.45) is 0 Å². The van der Waals surface area contributed by atoms with Gasteiger partial charge in [0.15, 0.2) is 0 Å². The number of amides is 1. The molecule has 0 aromatic heterocycles. The van der Waals surface area contributed by atoms with Gasteiger partial charge in [0, 0.05) is 24.1 Å². The van der Waals surface area contributed by atoms with E-state index in [4.69, 9.17) is 0 Å². The van der Waals surface area contributed by atoms with E-state index in [1.807, 2.05) is 42.2 Å². The number of para-hydroxylation sites is 1. The molecule has 2 aliphatic rings. The molecule has 0 saturated carbocycles. The lowest BCUT2D eigenvalue weighted by Gasteiger charge is -2.30. The maximum atomic E-state index is 12.7.